The molecule has 2 unspecified atom stereocenters. The van der Waals surface area contributed by atoms with Crippen molar-refractivity contribution in [1.82, 2.24) is 0 Å². The summed E-state index contributed by atoms with van der Waals surface area (Å²) in [6.45, 7) is 8.88. The molecular weight excluding hydrogens is 182 g/mol. The molecule has 0 heterocycles. The molecule has 1 nitrogen and oxygen atoms in total. The molecule has 0 spiro atoms. The first-order chi connectivity index (χ1) is 7.02. The highest BCUT2D eigenvalue weighted by Crippen LogP contribution is 2.18. The van der Waals surface area contributed by atoms with Gasteiger partial charge in [0.05, 0.1) is 0 Å². The third-order valence-corrected chi connectivity index (χ3v) is 3.44. The third kappa shape index (κ3) is 3.35. The standard InChI is InChI=1S/C14H23N/c1-10(2)12(4)14(15)9-13-8-6-5-7-11(13)3/h5-8,10,12,14H,9,15H2,1-4H3. The summed E-state index contributed by atoms with van der Waals surface area (Å²) in [5.74, 6) is 1.23. The van der Waals surface area contributed by atoms with Crippen LogP contribution >= 0.6 is 0 Å². The van der Waals surface area contributed by atoms with E-state index in [0.717, 1.165) is 6.42 Å². The maximum Gasteiger partial charge on any atom is 0.0108 e. The van der Waals surface area contributed by atoms with E-state index in [1.807, 2.05) is 0 Å². The molecule has 15 heavy (non-hydrogen) atoms. The van der Waals surface area contributed by atoms with Crippen molar-refractivity contribution in [3.8, 4) is 0 Å². The van der Waals surface area contributed by atoms with E-state index in [9.17, 15) is 0 Å². The van der Waals surface area contributed by atoms with Gasteiger partial charge in [0, 0.05) is 6.04 Å². The average Bonchev–Trinajstić information content (AvgIpc) is 2.20. The number of nitrogens with two attached hydrogens (primary N) is 1. The maximum atomic E-state index is 6.22. The highest BCUT2D eigenvalue weighted by Gasteiger charge is 2.16. The number of hydrogen-bond acceptors (Lipinski definition) is 1. The number of aryl methyl sites for hydroxylation is 1. The largest absolute Gasteiger partial charge is 0.327 e. The first-order valence-electron chi connectivity index (χ1n) is 5.82. The van der Waals surface area contributed by atoms with Crippen molar-refractivity contribution >= 4 is 0 Å². The van der Waals surface area contributed by atoms with E-state index in [-0.39, 0.29) is 6.04 Å². The summed E-state index contributed by atoms with van der Waals surface area (Å²) in [6.07, 6.45) is 0.992. The van der Waals surface area contributed by atoms with Crippen LogP contribution in [0.1, 0.15) is 31.9 Å². The van der Waals surface area contributed by atoms with Gasteiger partial charge in [0.15, 0.2) is 0 Å². The van der Waals surface area contributed by atoms with Crippen LogP contribution in [0.15, 0.2) is 24.3 Å². The molecule has 84 valence electrons. The van der Waals surface area contributed by atoms with Crippen LogP contribution in [0.2, 0.25) is 0 Å². The molecule has 0 aliphatic rings. The Hall–Kier alpha value is -0.820. The molecule has 2 atom stereocenters. The molecule has 1 rings (SSSR count). The molecule has 1 aromatic carbocycles. The fourth-order valence-electron chi connectivity index (χ4n) is 1.77. The Balaban J connectivity index is 2.66. The van der Waals surface area contributed by atoms with Crippen LogP contribution in [0.25, 0.3) is 0 Å². The Bertz CT molecular complexity index is 304. The number of benzene rings is 1. The van der Waals surface area contributed by atoms with E-state index in [4.69, 9.17) is 5.73 Å². The summed E-state index contributed by atoms with van der Waals surface area (Å²) in [7, 11) is 0. The highest BCUT2D eigenvalue weighted by atomic mass is 14.6. The summed E-state index contributed by atoms with van der Waals surface area (Å²) in [5.41, 5.74) is 8.96. The minimum Gasteiger partial charge on any atom is -0.327 e. The molecule has 0 saturated heterocycles. The molecule has 0 aliphatic carbocycles. The van der Waals surface area contributed by atoms with Gasteiger partial charge in [-0.1, -0.05) is 45.0 Å². The van der Waals surface area contributed by atoms with Crippen LogP contribution < -0.4 is 5.73 Å². The van der Waals surface area contributed by atoms with Gasteiger partial charge in [0.25, 0.3) is 0 Å². The lowest BCUT2D eigenvalue weighted by atomic mass is 9.86. The lowest BCUT2D eigenvalue weighted by molar-refractivity contribution is 0.344. The molecule has 2 N–H and O–H groups in total. The molecule has 1 aromatic rings. The quantitative estimate of drug-likeness (QED) is 0.803. The second-order valence-electron chi connectivity index (χ2n) is 4.90. The fourth-order valence-corrected chi connectivity index (χ4v) is 1.77. The predicted molar refractivity (Wildman–Crippen MR) is 66.9 cm³/mol. The monoisotopic (exact) mass is 205 g/mol. The first kappa shape index (κ1) is 12.3. The minimum atomic E-state index is 0.270. The van der Waals surface area contributed by atoms with Gasteiger partial charge in [0.1, 0.15) is 0 Å². The second kappa shape index (κ2) is 5.32. The Morgan fingerprint density at radius 1 is 1.13 bits per heavy atom. The van der Waals surface area contributed by atoms with Crippen molar-refractivity contribution in [2.24, 2.45) is 17.6 Å². The number of rotatable bonds is 4. The molecule has 0 bridgehead atoms. The van der Waals surface area contributed by atoms with E-state index in [2.05, 4.69) is 52.0 Å². The Morgan fingerprint density at radius 3 is 2.27 bits per heavy atom. The lowest BCUT2D eigenvalue weighted by Crippen LogP contribution is -2.33. The topological polar surface area (TPSA) is 26.0 Å². The Kier molecular flexibility index (Phi) is 4.34. The van der Waals surface area contributed by atoms with Crippen LogP contribution in [-0.2, 0) is 6.42 Å². The van der Waals surface area contributed by atoms with E-state index < -0.39 is 0 Å². The van der Waals surface area contributed by atoms with Gasteiger partial charge in [-0.25, -0.2) is 0 Å². The molecule has 0 aromatic heterocycles. The van der Waals surface area contributed by atoms with Crippen LogP contribution in [0.3, 0.4) is 0 Å². The van der Waals surface area contributed by atoms with Crippen LogP contribution in [0.5, 0.6) is 0 Å². The summed E-state index contributed by atoms with van der Waals surface area (Å²) in [6, 6.07) is 8.78. The van der Waals surface area contributed by atoms with Gasteiger partial charge >= 0.3 is 0 Å². The van der Waals surface area contributed by atoms with Crippen molar-refractivity contribution in [3.63, 3.8) is 0 Å². The first-order valence-corrected chi connectivity index (χ1v) is 5.82. The second-order valence-corrected chi connectivity index (χ2v) is 4.90. The van der Waals surface area contributed by atoms with Crippen LogP contribution in [-0.4, -0.2) is 6.04 Å². The summed E-state index contributed by atoms with van der Waals surface area (Å²) in [4.78, 5) is 0. The van der Waals surface area contributed by atoms with Crippen molar-refractivity contribution in [3.05, 3.63) is 35.4 Å². The smallest absolute Gasteiger partial charge is 0.0108 e. The van der Waals surface area contributed by atoms with Crippen LogP contribution in [0, 0.1) is 18.8 Å². The van der Waals surface area contributed by atoms with Crippen molar-refractivity contribution in [2.75, 3.05) is 0 Å². The average molecular weight is 205 g/mol. The van der Waals surface area contributed by atoms with E-state index >= 15 is 0 Å². The van der Waals surface area contributed by atoms with E-state index in [1.165, 1.54) is 11.1 Å². The lowest BCUT2D eigenvalue weighted by Gasteiger charge is -2.23. The van der Waals surface area contributed by atoms with Crippen molar-refractivity contribution in [1.29, 1.82) is 0 Å². The SMILES string of the molecule is Cc1ccccc1CC(N)C(C)C(C)C. The molecule has 0 fully saturated rings. The highest BCUT2D eigenvalue weighted by molar-refractivity contribution is 5.26. The summed E-state index contributed by atoms with van der Waals surface area (Å²) in [5, 5.41) is 0. The zero-order valence-corrected chi connectivity index (χ0v) is 10.3. The van der Waals surface area contributed by atoms with Gasteiger partial charge in [-0.2, -0.15) is 0 Å². The Labute approximate surface area is 93.7 Å². The molecule has 1 heteroatoms. The van der Waals surface area contributed by atoms with Gasteiger partial charge in [0.2, 0.25) is 0 Å². The van der Waals surface area contributed by atoms with E-state index in [0.29, 0.717) is 11.8 Å². The zero-order chi connectivity index (χ0) is 11.4. The zero-order valence-electron chi connectivity index (χ0n) is 10.3. The maximum absolute atomic E-state index is 6.22. The van der Waals surface area contributed by atoms with Crippen molar-refractivity contribution < 1.29 is 0 Å². The van der Waals surface area contributed by atoms with Gasteiger partial charge in [-0.3, -0.25) is 0 Å². The number of hydrogen-bond donors (Lipinski definition) is 1. The van der Waals surface area contributed by atoms with Crippen molar-refractivity contribution in [2.45, 2.75) is 40.2 Å². The molecule has 0 saturated carbocycles. The normalized spacial score (nSPS) is 15.3. The molecule has 0 aliphatic heterocycles. The fraction of sp³-hybridized carbons (Fsp3) is 0.571. The summed E-state index contributed by atoms with van der Waals surface area (Å²) < 4.78 is 0. The van der Waals surface area contributed by atoms with E-state index in [1.54, 1.807) is 0 Å². The molecule has 0 amide bonds. The molecular formula is C14H23N. The summed E-state index contributed by atoms with van der Waals surface area (Å²) >= 11 is 0. The minimum absolute atomic E-state index is 0.270. The Morgan fingerprint density at radius 2 is 1.73 bits per heavy atom. The van der Waals surface area contributed by atoms with Gasteiger partial charge in [-0.15, -0.1) is 0 Å². The third-order valence-electron chi connectivity index (χ3n) is 3.44. The van der Waals surface area contributed by atoms with Gasteiger partial charge < -0.3 is 5.73 Å². The molecule has 0 radical (unpaired) electrons. The predicted octanol–water partition coefficient (Wildman–Crippen LogP) is 3.16. The van der Waals surface area contributed by atoms with Crippen LogP contribution in [0.4, 0.5) is 0 Å². The van der Waals surface area contributed by atoms with Gasteiger partial charge in [-0.05, 0) is 36.3 Å².